The molecule has 2 aromatic carbocycles. The van der Waals surface area contributed by atoms with Gasteiger partial charge in [0.2, 0.25) is 0 Å². The van der Waals surface area contributed by atoms with E-state index in [1.54, 1.807) is 11.8 Å². The standard InChI is InChI=1S/C21H26N2OS/c24-21(22-13-16-25-20-7-3-1-4-8-20)19-11-9-18(10-12-19)17-23-14-5-2-6-15-23/h1,3-4,7-12H,2,5-6,13-17H2,(H,22,24). The van der Waals surface area contributed by atoms with Crippen LogP contribution < -0.4 is 5.32 Å². The van der Waals surface area contributed by atoms with Crippen LogP contribution in [0.15, 0.2) is 59.5 Å². The molecule has 0 atom stereocenters. The number of rotatable bonds is 7. The number of nitrogens with one attached hydrogen (secondary N) is 1. The third-order valence-electron chi connectivity index (χ3n) is 4.47. The van der Waals surface area contributed by atoms with Gasteiger partial charge in [-0.1, -0.05) is 36.8 Å². The van der Waals surface area contributed by atoms with E-state index in [0.29, 0.717) is 6.54 Å². The minimum absolute atomic E-state index is 0.0122. The van der Waals surface area contributed by atoms with Crippen molar-refractivity contribution in [2.24, 2.45) is 0 Å². The molecule has 1 amide bonds. The minimum atomic E-state index is 0.0122. The minimum Gasteiger partial charge on any atom is -0.351 e. The monoisotopic (exact) mass is 354 g/mol. The Morgan fingerprint density at radius 2 is 1.68 bits per heavy atom. The number of thioether (sulfide) groups is 1. The highest BCUT2D eigenvalue weighted by Gasteiger charge is 2.11. The van der Waals surface area contributed by atoms with E-state index in [2.05, 4.69) is 34.5 Å². The Hall–Kier alpha value is -1.78. The molecule has 1 N–H and O–H groups in total. The summed E-state index contributed by atoms with van der Waals surface area (Å²) in [6, 6.07) is 18.3. The summed E-state index contributed by atoms with van der Waals surface area (Å²) >= 11 is 1.76. The maximum atomic E-state index is 12.2. The Bertz CT molecular complexity index is 651. The van der Waals surface area contributed by atoms with E-state index < -0.39 is 0 Å². The van der Waals surface area contributed by atoms with E-state index in [9.17, 15) is 4.79 Å². The van der Waals surface area contributed by atoms with Gasteiger partial charge in [0, 0.05) is 29.3 Å². The molecule has 1 aliphatic rings. The Morgan fingerprint density at radius 1 is 0.960 bits per heavy atom. The number of carbonyl (C=O) groups excluding carboxylic acids is 1. The highest BCUT2D eigenvalue weighted by molar-refractivity contribution is 7.99. The second-order valence-electron chi connectivity index (χ2n) is 6.45. The molecule has 4 heteroatoms. The summed E-state index contributed by atoms with van der Waals surface area (Å²) in [7, 11) is 0. The topological polar surface area (TPSA) is 32.3 Å². The molecule has 1 aliphatic heterocycles. The summed E-state index contributed by atoms with van der Waals surface area (Å²) < 4.78 is 0. The molecule has 0 spiro atoms. The van der Waals surface area contributed by atoms with Gasteiger partial charge in [0.15, 0.2) is 0 Å². The van der Waals surface area contributed by atoms with E-state index in [1.807, 2.05) is 30.3 Å². The van der Waals surface area contributed by atoms with Crippen molar-refractivity contribution < 1.29 is 4.79 Å². The first-order chi connectivity index (χ1) is 12.3. The number of nitrogens with zero attached hydrogens (tertiary/aromatic N) is 1. The summed E-state index contributed by atoms with van der Waals surface area (Å²) in [5.74, 6) is 0.890. The number of piperidine rings is 1. The fourth-order valence-corrected chi connectivity index (χ4v) is 3.88. The molecule has 0 unspecified atom stereocenters. The van der Waals surface area contributed by atoms with E-state index >= 15 is 0 Å². The molecule has 0 aliphatic carbocycles. The van der Waals surface area contributed by atoms with Crippen molar-refractivity contribution >= 4 is 17.7 Å². The van der Waals surface area contributed by atoms with Crippen LogP contribution in [-0.4, -0.2) is 36.2 Å². The van der Waals surface area contributed by atoms with Gasteiger partial charge in [0.1, 0.15) is 0 Å². The lowest BCUT2D eigenvalue weighted by atomic mass is 10.1. The number of hydrogen-bond acceptors (Lipinski definition) is 3. The molecule has 0 bridgehead atoms. The summed E-state index contributed by atoms with van der Waals surface area (Å²) in [6.07, 6.45) is 3.97. The smallest absolute Gasteiger partial charge is 0.251 e. The predicted molar refractivity (Wildman–Crippen MR) is 105 cm³/mol. The molecule has 1 heterocycles. The SMILES string of the molecule is O=C(NCCSc1ccccc1)c1ccc(CN2CCCCC2)cc1. The lowest BCUT2D eigenvalue weighted by Gasteiger charge is -2.26. The first-order valence-corrected chi connectivity index (χ1v) is 10.1. The van der Waals surface area contributed by atoms with Crippen LogP contribution in [-0.2, 0) is 6.54 Å². The van der Waals surface area contributed by atoms with E-state index in [-0.39, 0.29) is 5.91 Å². The van der Waals surface area contributed by atoms with Gasteiger partial charge < -0.3 is 5.32 Å². The van der Waals surface area contributed by atoms with E-state index in [4.69, 9.17) is 0 Å². The Labute approximate surface area is 154 Å². The van der Waals surface area contributed by atoms with Crippen molar-refractivity contribution in [3.8, 4) is 0 Å². The van der Waals surface area contributed by atoms with Crippen LogP contribution in [0.5, 0.6) is 0 Å². The maximum absolute atomic E-state index is 12.2. The fourth-order valence-electron chi connectivity index (χ4n) is 3.09. The van der Waals surface area contributed by atoms with Gasteiger partial charge in [0.05, 0.1) is 0 Å². The summed E-state index contributed by atoms with van der Waals surface area (Å²) in [6.45, 7) is 4.06. The van der Waals surface area contributed by atoms with E-state index in [1.165, 1.54) is 42.8 Å². The number of benzene rings is 2. The van der Waals surface area contributed by atoms with Gasteiger partial charge in [-0.05, 0) is 55.8 Å². The van der Waals surface area contributed by atoms with Crippen LogP contribution in [0, 0.1) is 0 Å². The summed E-state index contributed by atoms with van der Waals surface area (Å²) in [5.41, 5.74) is 2.03. The molecule has 2 aromatic rings. The van der Waals surface area contributed by atoms with Gasteiger partial charge in [-0.2, -0.15) is 0 Å². The molecule has 1 saturated heterocycles. The number of carbonyl (C=O) groups is 1. The Morgan fingerprint density at radius 3 is 2.40 bits per heavy atom. The van der Waals surface area contributed by atoms with Crippen molar-refractivity contribution in [3.05, 3.63) is 65.7 Å². The molecule has 3 rings (SSSR count). The van der Waals surface area contributed by atoms with Gasteiger partial charge >= 0.3 is 0 Å². The second-order valence-corrected chi connectivity index (χ2v) is 7.62. The van der Waals surface area contributed by atoms with Crippen molar-refractivity contribution in [2.75, 3.05) is 25.4 Å². The average molecular weight is 355 g/mol. The van der Waals surface area contributed by atoms with Crippen LogP contribution in [0.3, 0.4) is 0 Å². The zero-order valence-electron chi connectivity index (χ0n) is 14.6. The van der Waals surface area contributed by atoms with Crippen LogP contribution in [0.1, 0.15) is 35.2 Å². The molecule has 0 radical (unpaired) electrons. The number of likely N-dealkylation sites (tertiary alicyclic amines) is 1. The van der Waals surface area contributed by atoms with Crippen LogP contribution in [0.25, 0.3) is 0 Å². The number of hydrogen-bond donors (Lipinski definition) is 1. The van der Waals surface area contributed by atoms with Crippen molar-refractivity contribution in [2.45, 2.75) is 30.7 Å². The third-order valence-corrected chi connectivity index (χ3v) is 5.48. The third kappa shape index (κ3) is 5.91. The van der Waals surface area contributed by atoms with Crippen molar-refractivity contribution in [3.63, 3.8) is 0 Å². The van der Waals surface area contributed by atoms with Gasteiger partial charge in [0.25, 0.3) is 5.91 Å². The maximum Gasteiger partial charge on any atom is 0.251 e. The lowest BCUT2D eigenvalue weighted by molar-refractivity contribution is 0.0956. The average Bonchev–Trinajstić information content (AvgIpc) is 2.67. The summed E-state index contributed by atoms with van der Waals surface area (Å²) in [5, 5.41) is 3.00. The Kier molecular flexibility index (Phi) is 6.95. The molecule has 0 aromatic heterocycles. The second kappa shape index (κ2) is 9.64. The molecule has 25 heavy (non-hydrogen) atoms. The predicted octanol–water partition coefficient (Wildman–Crippen LogP) is 4.19. The zero-order valence-corrected chi connectivity index (χ0v) is 15.4. The molecular formula is C21H26N2OS. The Balaban J connectivity index is 1.41. The lowest BCUT2D eigenvalue weighted by Crippen LogP contribution is -2.29. The fraction of sp³-hybridized carbons (Fsp3) is 0.381. The first kappa shape index (κ1) is 18.0. The van der Waals surface area contributed by atoms with Gasteiger partial charge in [-0.15, -0.1) is 11.8 Å². The van der Waals surface area contributed by atoms with Crippen LogP contribution in [0.2, 0.25) is 0 Å². The van der Waals surface area contributed by atoms with E-state index in [0.717, 1.165) is 17.9 Å². The normalized spacial score (nSPS) is 15.0. The van der Waals surface area contributed by atoms with Crippen LogP contribution in [0.4, 0.5) is 0 Å². The number of amides is 1. The van der Waals surface area contributed by atoms with Crippen molar-refractivity contribution in [1.82, 2.24) is 10.2 Å². The van der Waals surface area contributed by atoms with Gasteiger partial charge in [-0.25, -0.2) is 0 Å². The molecule has 3 nitrogen and oxygen atoms in total. The van der Waals surface area contributed by atoms with Crippen LogP contribution >= 0.6 is 11.8 Å². The van der Waals surface area contributed by atoms with Gasteiger partial charge in [-0.3, -0.25) is 9.69 Å². The largest absolute Gasteiger partial charge is 0.351 e. The quantitative estimate of drug-likeness (QED) is 0.597. The highest BCUT2D eigenvalue weighted by Crippen LogP contribution is 2.16. The molecule has 1 fully saturated rings. The highest BCUT2D eigenvalue weighted by atomic mass is 32.2. The van der Waals surface area contributed by atoms with Crippen molar-refractivity contribution in [1.29, 1.82) is 0 Å². The zero-order chi connectivity index (χ0) is 17.3. The first-order valence-electron chi connectivity index (χ1n) is 9.08. The molecular weight excluding hydrogens is 328 g/mol. The molecule has 132 valence electrons. The molecule has 0 saturated carbocycles. The summed E-state index contributed by atoms with van der Waals surface area (Å²) in [4.78, 5) is 16.0.